The van der Waals surface area contributed by atoms with Crippen molar-refractivity contribution in [2.75, 3.05) is 6.54 Å². The van der Waals surface area contributed by atoms with Gasteiger partial charge in [0.25, 0.3) is 0 Å². The molecule has 0 radical (unpaired) electrons. The molecule has 1 heterocycles. The number of aryl methyl sites for hydroxylation is 1. The van der Waals surface area contributed by atoms with Gasteiger partial charge in [-0.1, -0.05) is 0 Å². The lowest BCUT2D eigenvalue weighted by molar-refractivity contribution is 0.0382. The van der Waals surface area contributed by atoms with Gasteiger partial charge in [0.15, 0.2) is 0 Å². The van der Waals surface area contributed by atoms with E-state index in [1.54, 1.807) is 0 Å². The first-order valence-corrected chi connectivity index (χ1v) is 8.18. The average Bonchev–Trinajstić information content (AvgIpc) is 2.81. The van der Waals surface area contributed by atoms with Crippen LogP contribution in [0.25, 0.3) is 0 Å². The van der Waals surface area contributed by atoms with Crippen molar-refractivity contribution in [2.24, 2.45) is 0 Å². The van der Waals surface area contributed by atoms with Crippen molar-refractivity contribution in [1.29, 1.82) is 0 Å². The molecular weight excluding hydrogens is 278 g/mol. The molecule has 0 saturated heterocycles. The van der Waals surface area contributed by atoms with Gasteiger partial charge in [0.05, 0.1) is 5.54 Å². The number of hydrogen-bond donors (Lipinski definition) is 2. The molecular formula is C17H29N3O2. The topological polar surface area (TPSA) is 55.3 Å². The predicted octanol–water partition coefficient (Wildman–Crippen LogP) is 3.05. The van der Waals surface area contributed by atoms with Crippen LogP contribution in [0.2, 0.25) is 0 Å². The van der Waals surface area contributed by atoms with Gasteiger partial charge in [-0.05, 0) is 58.6 Å². The van der Waals surface area contributed by atoms with E-state index in [2.05, 4.69) is 40.6 Å². The summed E-state index contributed by atoms with van der Waals surface area (Å²) in [6.07, 6.45) is 7.11. The molecule has 22 heavy (non-hydrogen) atoms. The highest BCUT2D eigenvalue weighted by molar-refractivity contribution is 5.69. The van der Waals surface area contributed by atoms with E-state index in [9.17, 15) is 4.79 Å². The van der Waals surface area contributed by atoms with E-state index in [1.165, 1.54) is 5.56 Å². The van der Waals surface area contributed by atoms with E-state index in [1.807, 2.05) is 20.8 Å². The highest BCUT2D eigenvalue weighted by Crippen LogP contribution is 2.31. The molecule has 2 N–H and O–H groups in total. The third-order valence-corrected chi connectivity index (χ3v) is 4.05. The van der Waals surface area contributed by atoms with Crippen LogP contribution in [0.5, 0.6) is 0 Å². The van der Waals surface area contributed by atoms with Crippen LogP contribution in [0.4, 0.5) is 4.79 Å². The molecule has 0 spiro atoms. The number of alkyl carbamates (subject to hydrolysis) is 1. The van der Waals surface area contributed by atoms with Gasteiger partial charge in [-0.25, -0.2) is 4.79 Å². The van der Waals surface area contributed by atoms with Crippen LogP contribution in [0, 0.1) is 0 Å². The normalized spacial score (nSPS) is 16.9. The van der Waals surface area contributed by atoms with E-state index >= 15 is 0 Å². The second kappa shape index (κ2) is 6.73. The average molecular weight is 307 g/mol. The lowest BCUT2D eigenvalue weighted by atomic mass is 9.76. The fourth-order valence-corrected chi connectivity index (χ4v) is 2.71. The maximum atomic E-state index is 12.0. The molecule has 0 bridgehead atoms. The van der Waals surface area contributed by atoms with Crippen LogP contribution in [0.3, 0.4) is 0 Å². The van der Waals surface area contributed by atoms with Crippen molar-refractivity contribution in [2.45, 2.75) is 71.2 Å². The molecule has 0 atom stereocenters. The van der Waals surface area contributed by atoms with Crippen LogP contribution in [-0.2, 0) is 17.8 Å². The van der Waals surface area contributed by atoms with Crippen LogP contribution < -0.4 is 10.6 Å². The minimum absolute atomic E-state index is 0.143. The molecule has 5 heteroatoms. The van der Waals surface area contributed by atoms with Gasteiger partial charge in [-0.3, -0.25) is 0 Å². The number of aromatic nitrogens is 1. The van der Waals surface area contributed by atoms with Crippen LogP contribution >= 0.6 is 0 Å². The highest BCUT2D eigenvalue weighted by Gasteiger charge is 2.39. The van der Waals surface area contributed by atoms with Gasteiger partial charge < -0.3 is 19.9 Å². The summed E-state index contributed by atoms with van der Waals surface area (Å²) in [6, 6.07) is 2.13. The molecule has 2 rings (SSSR count). The largest absolute Gasteiger partial charge is 0.444 e. The zero-order chi connectivity index (χ0) is 16.2. The Labute approximate surface area is 133 Å². The Morgan fingerprint density at radius 3 is 2.64 bits per heavy atom. The number of nitrogens with zero attached hydrogens (tertiary/aromatic N) is 1. The minimum Gasteiger partial charge on any atom is -0.444 e. The number of carbonyl (C=O) groups is 1. The molecule has 5 nitrogen and oxygen atoms in total. The van der Waals surface area contributed by atoms with E-state index in [-0.39, 0.29) is 11.6 Å². The molecule has 0 aliphatic heterocycles. The van der Waals surface area contributed by atoms with Crippen molar-refractivity contribution in [1.82, 2.24) is 15.2 Å². The molecule has 1 aliphatic rings. The number of rotatable bonds is 6. The molecule has 1 aliphatic carbocycles. The summed E-state index contributed by atoms with van der Waals surface area (Å²) >= 11 is 0. The van der Waals surface area contributed by atoms with E-state index in [4.69, 9.17) is 4.74 Å². The maximum absolute atomic E-state index is 12.0. The lowest BCUT2D eigenvalue weighted by Crippen LogP contribution is -2.59. The highest BCUT2D eigenvalue weighted by atomic mass is 16.6. The fourth-order valence-electron chi connectivity index (χ4n) is 2.71. The van der Waals surface area contributed by atoms with Gasteiger partial charge in [-0.2, -0.15) is 0 Å². The van der Waals surface area contributed by atoms with Crippen molar-refractivity contribution in [3.63, 3.8) is 0 Å². The van der Waals surface area contributed by atoms with Gasteiger partial charge >= 0.3 is 6.09 Å². The van der Waals surface area contributed by atoms with E-state index in [0.717, 1.165) is 38.9 Å². The minimum atomic E-state index is -0.453. The summed E-state index contributed by atoms with van der Waals surface area (Å²) in [5.74, 6) is 0. The van der Waals surface area contributed by atoms with Crippen molar-refractivity contribution in [3.05, 3.63) is 24.0 Å². The first kappa shape index (κ1) is 16.9. The maximum Gasteiger partial charge on any atom is 0.408 e. The van der Waals surface area contributed by atoms with Crippen molar-refractivity contribution >= 4 is 6.09 Å². The SMILES string of the molecule is CCn1ccc(CNCC2(NC(=O)OC(C)(C)C)CCC2)c1. The van der Waals surface area contributed by atoms with Crippen LogP contribution in [0.15, 0.2) is 18.5 Å². The Morgan fingerprint density at radius 2 is 2.14 bits per heavy atom. The van der Waals surface area contributed by atoms with E-state index < -0.39 is 5.60 Å². The first-order valence-electron chi connectivity index (χ1n) is 8.18. The van der Waals surface area contributed by atoms with Crippen molar-refractivity contribution < 1.29 is 9.53 Å². The molecule has 1 saturated carbocycles. The number of ether oxygens (including phenoxy) is 1. The summed E-state index contributed by atoms with van der Waals surface area (Å²) in [7, 11) is 0. The predicted molar refractivity (Wildman–Crippen MR) is 87.8 cm³/mol. The fraction of sp³-hybridized carbons (Fsp3) is 0.706. The second-order valence-electron chi connectivity index (χ2n) is 7.21. The third kappa shape index (κ3) is 4.77. The Kier molecular flexibility index (Phi) is 5.16. The summed E-state index contributed by atoms with van der Waals surface area (Å²) in [6.45, 7) is 10.4. The Morgan fingerprint density at radius 1 is 1.41 bits per heavy atom. The Bertz CT molecular complexity index is 498. The molecule has 1 amide bonds. The standard InChI is InChI=1S/C17H29N3O2/c1-5-20-10-7-14(12-20)11-18-13-17(8-6-9-17)19-15(21)22-16(2,3)4/h7,10,12,18H,5-6,8-9,11,13H2,1-4H3,(H,19,21). The second-order valence-corrected chi connectivity index (χ2v) is 7.21. The summed E-state index contributed by atoms with van der Waals surface area (Å²) in [4.78, 5) is 12.0. The third-order valence-electron chi connectivity index (χ3n) is 4.05. The Balaban J connectivity index is 1.79. The zero-order valence-corrected chi connectivity index (χ0v) is 14.2. The smallest absolute Gasteiger partial charge is 0.408 e. The summed E-state index contributed by atoms with van der Waals surface area (Å²) in [5, 5.41) is 6.53. The molecule has 1 fully saturated rings. The van der Waals surface area contributed by atoms with Gasteiger partial charge in [0.2, 0.25) is 0 Å². The quantitative estimate of drug-likeness (QED) is 0.849. The Hall–Kier alpha value is -1.49. The number of hydrogen-bond acceptors (Lipinski definition) is 3. The molecule has 1 aromatic heterocycles. The lowest BCUT2D eigenvalue weighted by Gasteiger charge is -2.42. The van der Waals surface area contributed by atoms with Crippen LogP contribution in [-0.4, -0.2) is 28.3 Å². The number of amides is 1. The first-order chi connectivity index (χ1) is 10.3. The summed E-state index contributed by atoms with van der Waals surface area (Å²) < 4.78 is 7.53. The van der Waals surface area contributed by atoms with Gasteiger partial charge in [-0.15, -0.1) is 0 Å². The molecule has 1 aromatic rings. The molecule has 124 valence electrons. The van der Waals surface area contributed by atoms with E-state index in [0.29, 0.717) is 0 Å². The van der Waals surface area contributed by atoms with Crippen molar-refractivity contribution in [3.8, 4) is 0 Å². The van der Waals surface area contributed by atoms with Crippen LogP contribution in [0.1, 0.15) is 52.5 Å². The monoisotopic (exact) mass is 307 g/mol. The zero-order valence-electron chi connectivity index (χ0n) is 14.2. The number of carbonyl (C=O) groups excluding carboxylic acids is 1. The van der Waals surface area contributed by atoms with Gasteiger partial charge in [0, 0.05) is 32.0 Å². The van der Waals surface area contributed by atoms with Gasteiger partial charge in [0.1, 0.15) is 5.60 Å². The molecule has 0 aromatic carbocycles. The number of nitrogens with one attached hydrogen (secondary N) is 2. The molecule has 0 unspecified atom stereocenters. The summed E-state index contributed by atoms with van der Waals surface area (Å²) in [5.41, 5.74) is 0.676.